The van der Waals surface area contributed by atoms with Gasteiger partial charge in [0.2, 0.25) is 0 Å². The van der Waals surface area contributed by atoms with Gasteiger partial charge in [-0.05, 0) is 54.3 Å². The van der Waals surface area contributed by atoms with Crippen molar-refractivity contribution >= 4 is 5.97 Å². The topological polar surface area (TPSA) is 73.2 Å². The zero-order chi connectivity index (χ0) is 22.4. The Morgan fingerprint density at radius 2 is 1.71 bits per heavy atom. The van der Waals surface area contributed by atoms with Gasteiger partial charge in [-0.2, -0.15) is 0 Å². The Labute approximate surface area is 182 Å². The van der Waals surface area contributed by atoms with Crippen LogP contribution >= 0.6 is 0 Å². The van der Waals surface area contributed by atoms with Crippen LogP contribution in [0, 0.1) is 12.7 Å². The van der Waals surface area contributed by atoms with Crippen LogP contribution in [0.15, 0.2) is 53.6 Å². The molecule has 0 bridgehead atoms. The molecule has 31 heavy (non-hydrogen) atoms. The second kappa shape index (κ2) is 10.8. The molecule has 2 atom stereocenters. The number of piperazine rings is 1. The van der Waals surface area contributed by atoms with Crippen molar-refractivity contribution in [2.45, 2.75) is 26.1 Å². The number of allylic oxidation sites excluding steroid dienone is 2. The van der Waals surface area contributed by atoms with Crippen LogP contribution in [0.4, 0.5) is 4.39 Å². The molecule has 1 aromatic carbocycles. The number of hydrogen-bond donors (Lipinski definition) is 2. The lowest BCUT2D eigenvalue weighted by Gasteiger charge is -2.37. The van der Waals surface area contributed by atoms with E-state index in [0.717, 1.165) is 48.5 Å². The Bertz CT molecular complexity index is 872. The normalized spacial score (nSPS) is 25.1. The van der Waals surface area contributed by atoms with E-state index in [2.05, 4.69) is 9.80 Å². The van der Waals surface area contributed by atoms with Crippen molar-refractivity contribution in [2.24, 2.45) is 0 Å². The molecule has 2 heterocycles. The van der Waals surface area contributed by atoms with E-state index < -0.39 is 18.2 Å². The van der Waals surface area contributed by atoms with Crippen LogP contribution in [-0.2, 0) is 9.53 Å². The molecule has 2 aliphatic heterocycles. The number of hydrogen-bond acceptors (Lipinski definition) is 6. The predicted octanol–water partition coefficient (Wildman–Crippen LogP) is 2.13. The summed E-state index contributed by atoms with van der Waals surface area (Å²) in [7, 11) is 0. The molecule has 2 aliphatic rings. The molecular weight excluding hydrogens is 399 g/mol. The molecule has 0 saturated carbocycles. The van der Waals surface area contributed by atoms with E-state index in [-0.39, 0.29) is 12.4 Å². The Morgan fingerprint density at radius 3 is 2.35 bits per heavy atom. The lowest BCUT2D eigenvalue weighted by atomic mass is 10.00. The van der Waals surface area contributed by atoms with E-state index in [4.69, 9.17) is 4.74 Å². The van der Waals surface area contributed by atoms with Crippen LogP contribution in [0.2, 0.25) is 0 Å². The van der Waals surface area contributed by atoms with Gasteiger partial charge in [-0.1, -0.05) is 18.2 Å². The van der Waals surface area contributed by atoms with Gasteiger partial charge in [0.1, 0.15) is 12.4 Å². The lowest BCUT2D eigenvalue weighted by molar-refractivity contribution is -0.136. The maximum Gasteiger partial charge on any atom is 0.331 e. The van der Waals surface area contributed by atoms with Gasteiger partial charge in [0.15, 0.2) is 0 Å². The average molecular weight is 431 g/mol. The Morgan fingerprint density at radius 1 is 1.06 bits per heavy atom. The standard InChI is InChI=1S/C24H31FN2O4/c1-17-8-13-31-24(30)5-3-4-20(17)22(28)15-26-9-11-27(12-10-26)16-23(29)21-7-6-19(25)14-18(21)2/h3-8,14,22-23,28-29H,9-13,15-16H2,1-2H3/b5-3+,17-8+,20-4+. The number of ether oxygens (including phenoxy) is 1. The summed E-state index contributed by atoms with van der Waals surface area (Å²) in [6.07, 6.45) is 5.20. The third kappa shape index (κ3) is 6.58. The number of rotatable bonds is 6. The molecule has 0 aliphatic carbocycles. The fourth-order valence-corrected chi connectivity index (χ4v) is 4.00. The number of aliphatic hydroxyl groups is 2. The summed E-state index contributed by atoms with van der Waals surface area (Å²) >= 11 is 0. The van der Waals surface area contributed by atoms with Gasteiger partial charge in [0.25, 0.3) is 0 Å². The van der Waals surface area contributed by atoms with E-state index in [1.807, 2.05) is 6.92 Å². The molecule has 1 saturated heterocycles. The molecule has 3 rings (SSSR count). The summed E-state index contributed by atoms with van der Waals surface area (Å²) in [5, 5.41) is 21.4. The third-order valence-electron chi connectivity index (χ3n) is 5.86. The Balaban J connectivity index is 1.52. The largest absolute Gasteiger partial charge is 0.458 e. The first kappa shape index (κ1) is 23.3. The van der Waals surface area contributed by atoms with Crippen molar-refractivity contribution < 1.29 is 24.1 Å². The van der Waals surface area contributed by atoms with Gasteiger partial charge >= 0.3 is 5.97 Å². The highest BCUT2D eigenvalue weighted by molar-refractivity contribution is 5.82. The minimum Gasteiger partial charge on any atom is -0.458 e. The molecule has 0 spiro atoms. The van der Waals surface area contributed by atoms with Gasteiger partial charge in [-0.15, -0.1) is 0 Å². The predicted molar refractivity (Wildman–Crippen MR) is 117 cm³/mol. The summed E-state index contributed by atoms with van der Waals surface area (Å²) in [6.45, 7) is 7.99. The van der Waals surface area contributed by atoms with Crippen molar-refractivity contribution in [1.82, 2.24) is 9.80 Å². The summed E-state index contributed by atoms with van der Waals surface area (Å²) in [5.74, 6) is -0.694. The van der Waals surface area contributed by atoms with Crippen LogP contribution in [0.5, 0.6) is 0 Å². The fourth-order valence-electron chi connectivity index (χ4n) is 4.00. The lowest BCUT2D eigenvalue weighted by Crippen LogP contribution is -2.49. The number of aliphatic hydroxyl groups excluding tert-OH is 2. The number of esters is 1. The highest BCUT2D eigenvalue weighted by atomic mass is 19.1. The molecule has 168 valence electrons. The smallest absolute Gasteiger partial charge is 0.331 e. The first-order chi connectivity index (χ1) is 14.8. The zero-order valence-corrected chi connectivity index (χ0v) is 18.1. The summed E-state index contributed by atoms with van der Waals surface area (Å²) in [4.78, 5) is 15.8. The molecule has 1 aromatic rings. The Hall–Kier alpha value is -2.32. The minimum atomic E-state index is -0.673. The van der Waals surface area contributed by atoms with Crippen LogP contribution in [0.3, 0.4) is 0 Å². The third-order valence-corrected chi connectivity index (χ3v) is 5.86. The fraction of sp³-hybridized carbons (Fsp3) is 0.458. The minimum absolute atomic E-state index is 0.188. The molecule has 7 heteroatoms. The summed E-state index contributed by atoms with van der Waals surface area (Å²) in [6, 6.07) is 4.47. The van der Waals surface area contributed by atoms with Crippen molar-refractivity contribution in [3.8, 4) is 0 Å². The monoisotopic (exact) mass is 430 g/mol. The van der Waals surface area contributed by atoms with E-state index >= 15 is 0 Å². The van der Waals surface area contributed by atoms with E-state index in [1.165, 1.54) is 18.2 Å². The SMILES string of the molecule is CC1=C\COC(=O)/C=C/C=C\1C(O)CN1CCN(CC(O)c2ccc(F)cc2C)CC1. The molecule has 0 amide bonds. The molecular formula is C24H31FN2O4. The molecule has 0 aromatic heterocycles. The number of carbonyl (C=O) groups excluding carboxylic acids is 1. The number of benzene rings is 1. The van der Waals surface area contributed by atoms with Gasteiger partial charge in [-0.25, -0.2) is 9.18 Å². The first-order valence-electron chi connectivity index (χ1n) is 10.6. The van der Waals surface area contributed by atoms with Crippen LogP contribution in [0.25, 0.3) is 0 Å². The average Bonchev–Trinajstić information content (AvgIpc) is 2.79. The van der Waals surface area contributed by atoms with Gasteiger partial charge in [0.05, 0.1) is 12.2 Å². The highest BCUT2D eigenvalue weighted by Crippen LogP contribution is 2.21. The Kier molecular flexibility index (Phi) is 8.15. The summed E-state index contributed by atoms with van der Waals surface area (Å²) in [5.41, 5.74) is 3.17. The molecule has 2 unspecified atom stereocenters. The van der Waals surface area contributed by atoms with E-state index in [9.17, 15) is 19.4 Å². The number of nitrogens with zero attached hydrogens (tertiary/aromatic N) is 2. The first-order valence-corrected chi connectivity index (χ1v) is 10.6. The van der Waals surface area contributed by atoms with Crippen LogP contribution in [0.1, 0.15) is 24.2 Å². The molecule has 6 nitrogen and oxygen atoms in total. The number of carbonyl (C=O) groups is 1. The highest BCUT2D eigenvalue weighted by Gasteiger charge is 2.23. The van der Waals surface area contributed by atoms with Gasteiger partial charge in [0, 0.05) is 45.3 Å². The van der Waals surface area contributed by atoms with E-state index in [1.54, 1.807) is 31.2 Å². The molecule has 0 radical (unpaired) electrons. The number of β-amino-alcohol motifs (C(OH)–C–C–N with tert-alkyl or cyclic N) is 2. The number of aryl methyl sites for hydroxylation is 1. The van der Waals surface area contributed by atoms with Crippen LogP contribution < -0.4 is 0 Å². The van der Waals surface area contributed by atoms with Gasteiger partial charge < -0.3 is 14.9 Å². The molecule has 1 fully saturated rings. The summed E-state index contributed by atoms with van der Waals surface area (Å²) < 4.78 is 18.3. The number of halogens is 1. The maximum absolute atomic E-state index is 13.3. The second-order valence-corrected chi connectivity index (χ2v) is 8.13. The van der Waals surface area contributed by atoms with Gasteiger partial charge in [-0.3, -0.25) is 9.80 Å². The van der Waals surface area contributed by atoms with Crippen LogP contribution in [-0.4, -0.2) is 78.0 Å². The van der Waals surface area contributed by atoms with E-state index in [0.29, 0.717) is 13.1 Å². The quantitative estimate of drug-likeness (QED) is 0.674. The van der Waals surface area contributed by atoms with Crippen molar-refractivity contribution in [2.75, 3.05) is 45.9 Å². The zero-order valence-electron chi connectivity index (χ0n) is 18.1. The maximum atomic E-state index is 13.3. The number of cyclic esters (lactones) is 1. The van der Waals surface area contributed by atoms with Crippen molar-refractivity contribution in [3.63, 3.8) is 0 Å². The molecule has 2 N–H and O–H groups in total. The second-order valence-electron chi connectivity index (χ2n) is 8.13. The van der Waals surface area contributed by atoms with Crippen molar-refractivity contribution in [3.05, 3.63) is 70.6 Å². The van der Waals surface area contributed by atoms with Crippen molar-refractivity contribution in [1.29, 1.82) is 0 Å².